The van der Waals surface area contributed by atoms with E-state index in [0.717, 1.165) is 58.3 Å². The monoisotopic (exact) mass is 526 g/mol. The fourth-order valence-corrected chi connectivity index (χ4v) is 6.88. The Hall–Kier alpha value is -4.18. The Kier molecular flexibility index (Phi) is 5.88. The van der Waals surface area contributed by atoms with Crippen LogP contribution in [0.2, 0.25) is 0 Å². The molecule has 5 aromatic rings. The summed E-state index contributed by atoms with van der Waals surface area (Å²) >= 11 is 0. The van der Waals surface area contributed by atoms with Gasteiger partial charge in [-0.15, -0.1) is 0 Å². The number of allylic oxidation sites excluding steroid dienone is 2. The van der Waals surface area contributed by atoms with E-state index in [1.165, 1.54) is 27.9 Å². The number of hydrogen-bond donors (Lipinski definition) is 1. The number of benzene rings is 2. The average Bonchev–Trinajstić information content (AvgIpc) is 3.32. The fraction of sp³-hybridized carbons (Fsp3) is 0.278. The van der Waals surface area contributed by atoms with Crippen LogP contribution in [0.3, 0.4) is 0 Å². The minimum atomic E-state index is 0.285. The summed E-state index contributed by atoms with van der Waals surface area (Å²) in [5, 5.41) is 5.90. The predicted molar refractivity (Wildman–Crippen MR) is 163 cm³/mol. The summed E-state index contributed by atoms with van der Waals surface area (Å²) in [5.41, 5.74) is 12.6. The van der Waals surface area contributed by atoms with Gasteiger partial charge in [-0.2, -0.15) is 4.57 Å². The van der Waals surface area contributed by atoms with Gasteiger partial charge < -0.3 is 9.73 Å². The highest BCUT2D eigenvalue weighted by Crippen LogP contribution is 2.45. The molecule has 0 radical (unpaired) electrons. The van der Waals surface area contributed by atoms with Crippen LogP contribution in [-0.2, 0) is 6.42 Å². The van der Waals surface area contributed by atoms with Crippen molar-refractivity contribution in [3.63, 3.8) is 0 Å². The minimum Gasteiger partial charge on any atom is -0.437 e. The Morgan fingerprint density at radius 1 is 1.07 bits per heavy atom. The second kappa shape index (κ2) is 9.48. The molecule has 0 amide bonds. The summed E-state index contributed by atoms with van der Waals surface area (Å²) in [6.07, 6.45) is 7.25. The van der Waals surface area contributed by atoms with Gasteiger partial charge in [0.05, 0.1) is 0 Å². The molecule has 0 saturated carbocycles. The Bertz CT molecular complexity index is 1840. The third-order valence-corrected chi connectivity index (χ3v) is 8.91. The van der Waals surface area contributed by atoms with Crippen molar-refractivity contribution in [2.24, 2.45) is 0 Å². The summed E-state index contributed by atoms with van der Waals surface area (Å²) in [6, 6.07) is 22.7. The molecule has 2 aromatic carbocycles. The van der Waals surface area contributed by atoms with Crippen LogP contribution in [0.5, 0.6) is 0 Å². The molecule has 0 fully saturated rings. The number of aromatic nitrogens is 2. The smallest absolute Gasteiger partial charge is 0.227 e. The number of pyridine rings is 2. The van der Waals surface area contributed by atoms with Crippen LogP contribution >= 0.6 is 0 Å². The molecule has 1 N–H and O–H groups in total. The molecule has 5 heterocycles. The summed E-state index contributed by atoms with van der Waals surface area (Å²) in [5.74, 6) is 0.851. The van der Waals surface area contributed by atoms with E-state index in [0.29, 0.717) is 17.5 Å². The Morgan fingerprint density at radius 2 is 1.93 bits per heavy atom. The molecule has 4 nitrogen and oxygen atoms in total. The maximum atomic E-state index is 6.49. The summed E-state index contributed by atoms with van der Waals surface area (Å²) in [4.78, 5) is 4.70. The van der Waals surface area contributed by atoms with Crippen LogP contribution in [0.4, 0.5) is 0 Å². The van der Waals surface area contributed by atoms with Gasteiger partial charge in [-0.25, -0.2) is 4.98 Å². The van der Waals surface area contributed by atoms with Gasteiger partial charge in [0.25, 0.3) is 0 Å². The zero-order chi connectivity index (χ0) is 27.5. The first kappa shape index (κ1) is 24.8. The van der Waals surface area contributed by atoms with Crippen molar-refractivity contribution in [1.82, 2.24) is 10.3 Å². The molecule has 0 saturated heterocycles. The Balaban J connectivity index is 1.42. The molecular formula is C36H36N3O+. The first-order valence-corrected chi connectivity index (χ1v) is 14.5. The summed E-state index contributed by atoms with van der Waals surface area (Å²) in [6.45, 7) is 13.2. The second-order valence-corrected chi connectivity index (χ2v) is 11.7. The van der Waals surface area contributed by atoms with Crippen LogP contribution in [0.15, 0.2) is 89.6 Å². The molecule has 0 spiro atoms. The van der Waals surface area contributed by atoms with Gasteiger partial charge in [0, 0.05) is 63.5 Å². The summed E-state index contributed by atoms with van der Waals surface area (Å²) in [7, 11) is 0. The zero-order valence-electron chi connectivity index (χ0n) is 23.8. The normalized spacial score (nSPS) is 19.7. The van der Waals surface area contributed by atoms with E-state index < -0.39 is 0 Å². The first-order valence-electron chi connectivity index (χ1n) is 14.5. The molecule has 0 aliphatic carbocycles. The van der Waals surface area contributed by atoms with Crippen molar-refractivity contribution < 1.29 is 8.98 Å². The highest BCUT2D eigenvalue weighted by atomic mass is 16.3. The third kappa shape index (κ3) is 3.89. The lowest BCUT2D eigenvalue weighted by Crippen LogP contribution is -2.48. The van der Waals surface area contributed by atoms with Crippen molar-refractivity contribution in [3.8, 4) is 11.3 Å². The van der Waals surface area contributed by atoms with E-state index in [1.807, 2.05) is 6.92 Å². The Morgan fingerprint density at radius 3 is 2.75 bits per heavy atom. The number of aryl methyl sites for hydroxylation is 2. The van der Waals surface area contributed by atoms with Crippen LogP contribution in [-0.4, -0.2) is 4.98 Å². The van der Waals surface area contributed by atoms with Gasteiger partial charge in [0.2, 0.25) is 11.4 Å². The quantitative estimate of drug-likeness (QED) is 0.223. The second-order valence-electron chi connectivity index (χ2n) is 11.7. The molecule has 4 heteroatoms. The van der Waals surface area contributed by atoms with Crippen LogP contribution in [0, 0.1) is 6.92 Å². The van der Waals surface area contributed by atoms with Gasteiger partial charge in [-0.05, 0) is 73.6 Å². The average molecular weight is 527 g/mol. The highest BCUT2D eigenvalue weighted by molar-refractivity contribution is 6.07. The van der Waals surface area contributed by atoms with E-state index in [2.05, 4.69) is 110 Å². The first-order chi connectivity index (χ1) is 19.4. The van der Waals surface area contributed by atoms with Crippen molar-refractivity contribution in [2.75, 3.05) is 0 Å². The molecule has 2 aliphatic heterocycles. The number of nitrogens with one attached hydrogen (secondary N) is 1. The maximum Gasteiger partial charge on any atom is 0.227 e. The number of rotatable bonds is 1. The van der Waals surface area contributed by atoms with Crippen LogP contribution in [0.25, 0.3) is 39.0 Å². The number of hydrogen-bond acceptors (Lipinski definition) is 3. The molecule has 7 rings (SSSR count). The SMILES string of the molecule is C=C1CC2C(CCc3ccc4c(oc5nc(C)ccc54)c3/C(=C/C)N1)c1cc(C(C)C)ccc1-c1cccc[n+]12. The standard InChI is InChI=1S/C36H36N3O/c1-6-31-34-24(12-17-28-29-14-10-22(4)38-36(29)40-35(28)34)11-15-27-30-20-25(21(2)3)13-16-26(30)32-9-7-8-18-39(32)33(27)19-23(5)37-31/h6-10,12-14,16-18,20-21,27,33,37H,5,11,15,19H2,1-4H3/q+1/b31-6-. The largest absolute Gasteiger partial charge is 0.437 e. The van der Waals surface area contributed by atoms with E-state index in [4.69, 9.17) is 9.40 Å². The van der Waals surface area contributed by atoms with Gasteiger partial charge in [-0.3, -0.25) is 0 Å². The fourth-order valence-electron chi connectivity index (χ4n) is 6.88. The third-order valence-electron chi connectivity index (χ3n) is 8.91. The molecule has 200 valence electrons. The molecule has 3 aromatic heterocycles. The van der Waals surface area contributed by atoms with Crippen molar-refractivity contribution in [2.45, 2.75) is 64.8 Å². The lowest BCUT2D eigenvalue weighted by Gasteiger charge is -2.33. The van der Waals surface area contributed by atoms with Crippen LogP contribution in [0.1, 0.15) is 79.4 Å². The molecule has 2 atom stereocenters. The lowest BCUT2D eigenvalue weighted by atomic mass is 9.76. The van der Waals surface area contributed by atoms with E-state index in [1.54, 1.807) is 0 Å². The molecule has 0 bridgehead atoms. The molecule has 2 aliphatic rings. The van der Waals surface area contributed by atoms with Crippen molar-refractivity contribution in [3.05, 3.63) is 113 Å². The van der Waals surface area contributed by atoms with Gasteiger partial charge in [0.15, 0.2) is 12.2 Å². The number of furan rings is 1. The molecular weight excluding hydrogens is 490 g/mol. The number of nitrogens with zero attached hydrogens (tertiary/aromatic N) is 2. The molecule has 2 unspecified atom stereocenters. The van der Waals surface area contributed by atoms with Crippen molar-refractivity contribution in [1.29, 1.82) is 0 Å². The maximum absolute atomic E-state index is 6.49. The van der Waals surface area contributed by atoms with Gasteiger partial charge in [0.1, 0.15) is 5.58 Å². The summed E-state index contributed by atoms with van der Waals surface area (Å²) < 4.78 is 8.98. The van der Waals surface area contributed by atoms with Crippen molar-refractivity contribution >= 4 is 27.8 Å². The number of fused-ring (bicyclic) bond motifs is 11. The highest BCUT2D eigenvalue weighted by Gasteiger charge is 2.40. The van der Waals surface area contributed by atoms with E-state index in [9.17, 15) is 0 Å². The van der Waals surface area contributed by atoms with E-state index >= 15 is 0 Å². The van der Waals surface area contributed by atoms with Gasteiger partial charge in [-0.1, -0.05) is 50.8 Å². The van der Waals surface area contributed by atoms with Gasteiger partial charge >= 0.3 is 0 Å². The minimum absolute atomic E-state index is 0.285. The molecule has 40 heavy (non-hydrogen) atoms. The predicted octanol–water partition coefficient (Wildman–Crippen LogP) is 8.51. The Labute approximate surface area is 236 Å². The lowest BCUT2D eigenvalue weighted by molar-refractivity contribution is -0.718. The van der Waals surface area contributed by atoms with Crippen LogP contribution < -0.4 is 9.88 Å². The topological polar surface area (TPSA) is 41.9 Å². The van der Waals surface area contributed by atoms with E-state index in [-0.39, 0.29) is 6.04 Å². The zero-order valence-corrected chi connectivity index (χ0v) is 23.8.